The average molecular weight is 254 g/mol. The molecule has 1 rings (SSSR count). The predicted octanol–water partition coefficient (Wildman–Crippen LogP) is 2.01. The van der Waals surface area contributed by atoms with Crippen LogP contribution >= 0.6 is 0 Å². The fourth-order valence-electron chi connectivity index (χ4n) is 1.11. The molecule has 1 aromatic carbocycles. The van der Waals surface area contributed by atoms with Crippen molar-refractivity contribution in [1.29, 1.82) is 0 Å². The van der Waals surface area contributed by atoms with Crippen LogP contribution in [-0.2, 0) is 14.7 Å². The standard InChI is InChI=1S/C9H10N4O3S/c1-16-11-6-7-3-4-8(17(2,14)15)5-9(7)12-13-10/h3-6H,1-2H3/b11-6+. The minimum atomic E-state index is -3.34. The second kappa shape index (κ2) is 5.33. The van der Waals surface area contributed by atoms with Crippen LogP contribution in [0.3, 0.4) is 0 Å². The molecule has 0 amide bonds. The summed E-state index contributed by atoms with van der Waals surface area (Å²) < 4.78 is 22.6. The topological polar surface area (TPSA) is 104 Å². The minimum absolute atomic E-state index is 0.0782. The zero-order valence-corrected chi connectivity index (χ0v) is 10.0. The van der Waals surface area contributed by atoms with Gasteiger partial charge in [-0.25, -0.2) is 8.42 Å². The molecular weight excluding hydrogens is 244 g/mol. The first kappa shape index (κ1) is 13.0. The Labute approximate surface area is 98.2 Å². The lowest BCUT2D eigenvalue weighted by molar-refractivity contribution is 0.215. The van der Waals surface area contributed by atoms with Crippen LogP contribution in [0.25, 0.3) is 10.4 Å². The predicted molar refractivity (Wildman–Crippen MR) is 63.0 cm³/mol. The molecule has 0 atom stereocenters. The van der Waals surface area contributed by atoms with Crippen LogP contribution in [0.4, 0.5) is 5.69 Å². The molecular formula is C9H10N4O3S. The third-order valence-corrected chi connectivity index (χ3v) is 2.99. The number of hydrogen-bond donors (Lipinski definition) is 0. The van der Waals surface area contributed by atoms with Crippen molar-refractivity contribution >= 4 is 21.7 Å². The van der Waals surface area contributed by atoms with E-state index in [9.17, 15) is 8.42 Å². The van der Waals surface area contributed by atoms with Gasteiger partial charge in [-0.3, -0.25) is 0 Å². The number of benzene rings is 1. The molecule has 0 aromatic heterocycles. The molecule has 0 unspecified atom stereocenters. The van der Waals surface area contributed by atoms with Crippen LogP contribution in [-0.4, -0.2) is 28.0 Å². The van der Waals surface area contributed by atoms with Gasteiger partial charge in [0.05, 0.1) is 11.1 Å². The maximum atomic E-state index is 11.3. The van der Waals surface area contributed by atoms with E-state index in [1.807, 2.05) is 0 Å². The van der Waals surface area contributed by atoms with Gasteiger partial charge in [-0.15, -0.1) is 0 Å². The van der Waals surface area contributed by atoms with Crippen molar-refractivity contribution in [2.75, 3.05) is 13.4 Å². The molecule has 17 heavy (non-hydrogen) atoms. The molecule has 1 aromatic rings. The maximum absolute atomic E-state index is 11.3. The van der Waals surface area contributed by atoms with Crippen molar-refractivity contribution in [2.24, 2.45) is 10.3 Å². The Hall–Kier alpha value is -2.05. The molecule has 0 spiro atoms. The van der Waals surface area contributed by atoms with Gasteiger partial charge in [0.25, 0.3) is 0 Å². The van der Waals surface area contributed by atoms with Crippen molar-refractivity contribution < 1.29 is 13.3 Å². The van der Waals surface area contributed by atoms with Gasteiger partial charge in [-0.2, -0.15) is 0 Å². The number of azide groups is 1. The van der Waals surface area contributed by atoms with E-state index in [0.29, 0.717) is 5.56 Å². The van der Waals surface area contributed by atoms with Crippen LogP contribution < -0.4 is 0 Å². The van der Waals surface area contributed by atoms with Gasteiger partial charge in [0, 0.05) is 22.4 Å². The molecule has 0 N–H and O–H groups in total. The fourth-order valence-corrected chi connectivity index (χ4v) is 1.75. The van der Waals surface area contributed by atoms with E-state index in [-0.39, 0.29) is 10.6 Å². The maximum Gasteiger partial charge on any atom is 0.175 e. The molecule has 8 heteroatoms. The Kier molecular flexibility index (Phi) is 4.08. The van der Waals surface area contributed by atoms with E-state index in [1.54, 1.807) is 0 Å². The summed E-state index contributed by atoms with van der Waals surface area (Å²) in [6.07, 6.45) is 2.40. The van der Waals surface area contributed by atoms with E-state index < -0.39 is 9.84 Å². The van der Waals surface area contributed by atoms with Crippen LogP contribution in [0, 0.1) is 0 Å². The fraction of sp³-hybridized carbons (Fsp3) is 0.222. The van der Waals surface area contributed by atoms with Gasteiger partial charge >= 0.3 is 0 Å². The number of rotatable bonds is 4. The third kappa shape index (κ3) is 3.47. The van der Waals surface area contributed by atoms with Crippen molar-refractivity contribution in [2.45, 2.75) is 4.90 Å². The normalized spacial score (nSPS) is 11.2. The van der Waals surface area contributed by atoms with Crippen LogP contribution in [0.15, 0.2) is 33.4 Å². The van der Waals surface area contributed by atoms with Crippen molar-refractivity contribution in [3.8, 4) is 0 Å². The first-order valence-electron chi connectivity index (χ1n) is 4.45. The SMILES string of the molecule is CO/N=C/c1ccc(S(C)(=O)=O)cc1N=[N+]=[N-]. The molecule has 7 nitrogen and oxygen atoms in total. The van der Waals surface area contributed by atoms with E-state index >= 15 is 0 Å². The highest BCUT2D eigenvalue weighted by molar-refractivity contribution is 7.90. The molecule has 0 saturated carbocycles. The largest absolute Gasteiger partial charge is 0.399 e. The number of sulfone groups is 1. The minimum Gasteiger partial charge on any atom is -0.399 e. The second-order valence-electron chi connectivity index (χ2n) is 3.10. The molecule has 0 saturated heterocycles. The van der Waals surface area contributed by atoms with Gasteiger partial charge in [-0.05, 0) is 17.7 Å². The van der Waals surface area contributed by atoms with E-state index in [2.05, 4.69) is 20.0 Å². The van der Waals surface area contributed by atoms with Gasteiger partial charge < -0.3 is 4.84 Å². The molecule has 0 bridgehead atoms. The molecule has 0 fully saturated rings. The highest BCUT2D eigenvalue weighted by Crippen LogP contribution is 2.22. The summed E-state index contributed by atoms with van der Waals surface area (Å²) in [5.74, 6) is 0. The number of nitrogens with zero attached hydrogens (tertiary/aromatic N) is 4. The van der Waals surface area contributed by atoms with Crippen LogP contribution in [0.5, 0.6) is 0 Å². The monoisotopic (exact) mass is 254 g/mol. The Morgan fingerprint density at radius 3 is 2.71 bits per heavy atom. The lowest BCUT2D eigenvalue weighted by Gasteiger charge is -2.02. The van der Waals surface area contributed by atoms with Gasteiger partial charge in [0.15, 0.2) is 9.84 Å². The summed E-state index contributed by atoms with van der Waals surface area (Å²) in [5, 5.41) is 6.92. The zero-order valence-electron chi connectivity index (χ0n) is 9.23. The van der Waals surface area contributed by atoms with E-state index in [4.69, 9.17) is 5.53 Å². The first-order chi connectivity index (χ1) is 7.99. The zero-order chi connectivity index (χ0) is 12.9. The molecule has 0 aliphatic rings. The molecule has 90 valence electrons. The van der Waals surface area contributed by atoms with Gasteiger partial charge in [0.2, 0.25) is 0 Å². The summed E-state index contributed by atoms with van der Waals surface area (Å²) in [4.78, 5) is 7.20. The van der Waals surface area contributed by atoms with Crippen molar-refractivity contribution in [1.82, 2.24) is 0 Å². The lowest BCUT2D eigenvalue weighted by Crippen LogP contribution is -1.97. The van der Waals surface area contributed by atoms with E-state index in [1.165, 1.54) is 31.5 Å². The summed E-state index contributed by atoms with van der Waals surface area (Å²) in [6.45, 7) is 0. The summed E-state index contributed by atoms with van der Waals surface area (Å²) in [5.41, 5.74) is 9.04. The van der Waals surface area contributed by atoms with Crippen molar-refractivity contribution in [3.05, 3.63) is 34.2 Å². The number of oxime groups is 1. The molecule has 0 heterocycles. The van der Waals surface area contributed by atoms with Crippen molar-refractivity contribution in [3.63, 3.8) is 0 Å². The second-order valence-corrected chi connectivity index (χ2v) is 5.12. The van der Waals surface area contributed by atoms with Crippen LogP contribution in [0.2, 0.25) is 0 Å². The number of hydrogen-bond acceptors (Lipinski definition) is 5. The van der Waals surface area contributed by atoms with E-state index in [0.717, 1.165) is 6.26 Å². The molecule has 0 aliphatic heterocycles. The Bertz CT molecular complexity index is 588. The lowest BCUT2D eigenvalue weighted by atomic mass is 10.2. The average Bonchev–Trinajstić information content (AvgIpc) is 2.26. The molecule has 0 aliphatic carbocycles. The highest BCUT2D eigenvalue weighted by Gasteiger charge is 2.09. The van der Waals surface area contributed by atoms with Gasteiger partial charge in [-0.1, -0.05) is 16.3 Å². The van der Waals surface area contributed by atoms with Crippen LogP contribution in [0.1, 0.15) is 5.56 Å². The third-order valence-electron chi connectivity index (χ3n) is 1.88. The highest BCUT2D eigenvalue weighted by atomic mass is 32.2. The summed E-state index contributed by atoms with van der Waals surface area (Å²) in [6, 6.07) is 4.18. The molecule has 0 radical (unpaired) electrons. The Morgan fingerprint density at radius 1 is 1.47 bits per heavy atom. The van der Waals surface area contributed by atoms with Gasteiger partial charge in [0.1, 0.15) is 7.11 Å². The Balaban J connectivity index is 3.36. The summed E-state index contributed by atoms with van der Waals surface area (Å²) >= 11 is 0. The quantitative estimate of drug-likeness (QED) is 0.270. The summed E-state index contributed by atoms with van der Waals surface area (Å²) in [7, 11) is -1.97. The first-order valence-corrected chi connectivity index (χ1v) is 6.34. The smallest absolute Gasteiger partial charge is 0.175 e. The Morgan fingerprint density at radius 2 is 2.18 bits per heavy atom.